The van der Waals surface area contributed by atoms with Gasteiger partial charge in [0, 0.05) is 23.4 Å². The minimum atomic E-state index is -3.30. The zero-order valence-electron chi connectivity index (χ0n) is 14.3. The van der Waals surface area contributed by atoms with Gasteiger partial charge in [-0.3, -0.25) is 14.5 Å². The second-order valence-electron chi connectivity index (χ2n) is 6.84. The first-order chi connectivity index (χ1) is 11.8. The van der Waals surface area contributed by atoms with E-state index in [2.05, 4.69) is 10.2 Å². The Hall–Kier alpha value is -2.41. The van der Waals surface area contributed by atoms with Crippen LogP contribution in [0.2, 0.25) is 0 Å². The second kappa shape index (κ2) is 5.29. The van der Waals surface area contributed by atoms with Crippen LogP contribution in [-0.4, -0.2) is 29.4 Å². The van der Waals surface area contributed by atoms with Gasteiger partial charge in [0.2, 0.25) is 0 Å². The number of hydrogen-bond acceptors (Lipinski definition) is 4. The van der Waals surface area contributed by atoms with E-state index in [-0.39, 0.29) is 10.5 Å². The Morgan fingerprint density at radius 1 is 1.16 bits per heavy atom. The number of nitrogens with one attached hydrogen (secondary N) is 1. The fourth-order valence-electron chi connectivity index (χ4n) is 3.34. The van der Waals surface area contributed by atoms with E-state index in [1.807, 2.05) is 0 Å². The molecule has 1 aliphatic carbocycles. The van der Waals surface area contributed by atoms with E-state index in [1.54, 1.807) is 42.7 Å². The van der Waals surface area contributed by atoms with Crippen LogP contribution in [0.3, 0.4) is 0 Å². The van der Waals surface area contributed by atoms with Crippen LogP contribution in [0.1, 0.15) is 35.6 Å². The van der Waals surface area contributed by atoms with Gasteiger partial charge in [0.05, 0.1) is 16.1 Å². The number of pyridine rings is 1. The SMILES string of the molecule is Cc1cc(-n2c(=O)c(C)cc3n[nH]c(C4CC4)c32)ccc1S(C)(=O)=O. The molecule has 2 aromatic heterocycles. The average molecular weight is 357 g/mol. The van der Waals surface area contributed by atoms with Crippen LogP contribution in [0, 0.1) is 13.8 Å². The van der Waals surface area contributed by atoms with Crippen LogP contribution in [0.5, 0.6) is 0 Å². The van der Waals surface area contributed by atoms with Crippen molar-refractivity contribution in [3.05, 3.63) is 51.4 Å². The molecule has 0 bridgehead atoms. The molecule has 1 N–H and O–H groups in total. The maximum atomic E-state index is 12.9. The lowest BCUT2D eigenvalue weighted by Crippen LogP contribution is -2.21. The summed E-state index contributed by atoms with van der Waals surface area (Å²) in [6.07, 6.45) is 3.37. The second-order valence-corrected chi connectivity index (χ2v) is 8.82. The number of fused-ring (bicyclic) bond motifs is 1. The smallest absolute Gasteiger partial charge is 0.258 e. The number of H-pyrrole nitrogens is 1. The lowest BCUT2D eigenvalue weighted by Gasteiger charge is -2.12. The summed E-state index contributed by atoms with van der Waals surface area (Å²) in [6, 6.07) is 6.81. The topological polar surface area (TPSA) is 84.8 Å². The molecule has 130 valence electrons. The minimum Gasteiger partial charge on any atom is -0.279 e. The lowest BCUT2D eigenvalue weighted by atomic mass is 10.1. The number of sulfone groups is 1. The molecular weight excluding hydrogens is 338 g/mol. The summed E-state index contributed by atoms with van der Waals surface area (Å²) in [7, 11) is -3.30. The zero-order chi connectivity index (χ0) is 17.9. The molecular formula is C18H19N3O3S. The lowest BCUT2D eigenvalue weighted by molar-refractivity contribution is 0.601. The van der Waals surface area contributed by atoms with Crippen molar-refractivity contribution in [3.8, 4) is 5.69 Å². The van der Waals surface area contributed by atoms with Gasteiger partial charge in [-0.15, -0.1) is 0 Å². The molecule has 0 atom stereocenters. The highest BCUT2D eigenvalue weighted by Crippen LogP contribution is 2.42. The van der Waals surface area contributed by atoms with Crippen LogP contribution in [0.25, 0.3) is 16.7 Å². The molecule has 0 radical (unpaired) electrons. The van der Waals surface area contributed by atoms with E-state index in [0.717, 1.165) is 29.6 Å². The number of rotatable bonds is 3. The first-order valence-electron chi connectivity index (χ1n) is 8.19. The summed E-state index contributed by atoms with van der Waals surface area (Å²) in [5.41, 5.74) is 4.31. The van der Waals surface area contributed by atoms with Gasteiger partial charge in [-0.25, -0.2) is 8.42 Å². The number of hydrogen-bond donors (Lipinski definition) is 1. The highest BCUT2D eigenvalue weighted by atomic mass is 32.2. The molecule has 25 heavy (non-hydrogen) atoms. The van der Waals surface area contributed by atoms with Crippen molar-refractivity contribution in [2.45, 2.75) is 37.5 Å². The van der Waals surface area contributed by atoms with E-state index in [4.69, 9.17) is 0 Å². The van der Waals surface area contributed by atoms with Crippen molar-refractivity contribution in [2.24, 2.45) is 0 Å². The molecule has 1 saturated carbocycles. The first-order valence-corrected chi connectivity index (χ1v) is 10.1. The Morgan fingerprint density at radius 3 is 2.48 bits per heavy atom. The van der Waals surface area contributed by atoms with Gasteiger partial charge in [0.1, 0.15) is 5.52 Å². The number of aromatic nitrogens is 3. The van der Waals surface area contributed by atoms with Crippen molar-refractivity contribution < 1.29 is 8.42 Å². The van der Waals surface area contributed by atoms with Gasteiger partial charge < -0.3 is 0 Å². The van der Waals surface area contributed by atoms with Gasteiger partial charge in [0.25, 0.3) is 5.56 Å². The third-order valence-electron chi connectivity index (χ3n) is 4.71. The van der Waals surface area contributed by atoms with Crippen LogP contribution < -0.4 is 5.56 Å². The number of aryl methyl sites for hydroxylation is 2. The van der Waals surface area contributed by atoms with Gasteiger partial charge >= 0.3 is 0 Å². The maximum absolute atomic E-state index is 12.9. The fraction of sp³-hybridized carbons (Fsp3) is 0.333. The molecule has 1 fully saturated rings. The van der Waals surface area contributed by atoms with Crippen molar-refractivity contribution >= 4 is 20.9 Å². The van der Waals surface area contributed by atoms with Crippen LogP contribution in [-0.2, 0) is 9.84 Å². The molecule has 2 heterocycles. The highest BCUT2D eigenvalue weighted by molar-refractivity contribution is 7.90. The average Bonchev–Trinajstić information content (AvgIpc) is 3.28. The third-order valence-corrected chi connectivity index (χ3v) is 5.97. The Labute approximate surface area is 145 Å². The number of aromatic amines is 1. The summed E-state index contributed by atoms with van der Waals surface area (Å²) in [4.78, 5) is 13.2. The molecule has 4 rings (SSSR count). The van der Waals surface area contributed by atoms with Gasteiger partial charge in [-0.1, -0.05) is 0 Å². The predicted octanol–water partition coefficient (Wildman–Crippen LogP) is 2.61. The molecule has 0 saturated heterocycles. The fourth-order valence-corrected chi connectivity index (χ4v) is 4.30. The van der Waals surface area contributed by atoms with E-state index in [0.29, 0.717) is 22.7 Å². The van der Waals surface area contributed by atoms with E-state index in [1.165, 1.54) is 6.26 Å². The molecule has 3 aromatic rings. The van der Waals surface area contributed by atoms with Gasteiger partial charge in [-0.05, 0) is 56.5 Å². The van der Waals surface area contributed by atoms with Gasteiger partial charge in [0.15, 0.2) is 9.84 Å². The summed E-state index contributed by atoms with van der Waals surface area (Å²) < 4.78 is 25.4. The molecule has 0 amide bonds. The number of nitrogens with zero attached hydrogens (tertiary/aromatic N) is 2. The molecule has 0 aliphatic heterocycles. The molecule has 6 nitrogen and oxygen atoms in total. The quantitative estimate of drug-likeness (QED) is 0.781. The van der Waals surface area contributed by atoms with Crippen molar-refractivity contribution in [3.63, 3.8) is 0 Å². The predicted molar refractivity (Wildman–Crippen MR) is 96.2 cm³/mol. The summed E-state index contributed by atoms with van der Waals surface area (Å²) >= 11 is 0. The van der Waals surface area contributed by atoms with Crippen LogP contribution in [0.15, 0.2) is 34.0 Å². The molecule has 0 spiro atoms. The van der Waals surface area contributed by atoms with E-state index >= 15 is 0 Å². The largest absolute Gasteiger partial charge is 0.279 e. The summed E-state index contributed by atoms with van der Waals surface area (Å²) in [5, 5.41) is 7.45. The third kappa shape index (κ3) is 2.59. The van der Waals surface area contributed by atoms with Crippen molar-refractivity contribution in [1.29, 1.82) is 0 Å². The Kier molecular flexibility index (Phi) is 3.40. The van der Waals surface area contributed by atoms with Crippen LogP contribution >= 0.6 is 0 Å². The van der Waals surface area contributed by atoms with E-state index < -0.39 is 9.84 Å². The first kappa shape index (κ1) is 16.1. The summed E-state index contributed by atoms with van der Waals surface area (Å²) in [5.74, 6) is 0.412. The Morgan fingerprint density at radius 2 is 1.88 bits per heavy atom. The Bertz CT molecular complexity index is 1170. The van der Waals surface area contributed by atoms with Crippen molar-refractivity contribution in [1.82, 2.24) is 14.8 Å². The summed E-state index contributed by atoms with van der Waals surface area (Å²) in [6.45, 7) is 3.51. The minimum absolute atomic E-state index is 0.109. The maximum Gasteiger partial charge on any atom is 0.258 e. The normalized spacial score (nSPS) is 15.0. The highest BCUT2D eigenvalue weighted by Gasteiger charge is 2.29. The van der Waals surface area contributed by atoms with E-state index in [9.17, 15) is 13.2 Å². The molecule has 1 aliphatic rings. The number of benzene rings is 1. The van der Waals surface area contributed by atoms with Gasteiger partial charge in [-0.2, -0.15) is 5.10 Å². The monoisotopic (exact) mass is 357 g/mol. The van der Waals surface area contributed by atoms with Crippen LogP contribution in [0.4, 0.5) is 0 Å². The van der Waals surface area contributed by atoms with Crippen molar-refractivity contribution in [2.75, 3.05) is 6.26 Å². The molecule has 0 unspecified atom stereocenters. The molecule has 1 aromatic carbocycles. The molecule has 7 heteroatoms. The standard InChI is InChI=1S/C18H19N3O3S/c1-10-8-13(6-7-15(10)25(3,23)24)21-17-14(9-11(2)18(21)22)19-20-16(17)12-4-5-12/h6-9,12H,4-5H2,1-3H3,(H,19,20). The Balaban J connectivity index is 2.04. The zero-order valence-corrected chi connectivity index (χ0v) is 15.1.